The lowest BCUT2D eigenvalue weighted by molar-refractivity contribution is -0.139. The number of ether oxygens (including phenoxy) is 2. The first-order valence-corrected chi connectivity index (χ1v) is 9.36. The Balaban J connectivity index is 2.05. The molecule has 28 heavy (non-hydrogen) atoms. The molecular formula is C20H21Cl2NO5. The number of methoxy groups -OCH3 is 1. The van der Waals surface area contributed by atoms with Gasteiger partial charge in [0.2, 0.25) is 0 Å². The van der Waals surface area contributed by atoms with E-state index in [0.29, 0.717) is 33.5 Å². The minimum Gasteiger partial charge on any atom is -0.481 e. The van der Waals surface area contributed by atoms with Crippen LogP contribution in [0.4, 0.5) is 5.69 Å². The van der Waals surface area contributed by atoms with Crippen molar-refractivity contribution < 1.29 is 24.2 Å². The highest BCUT2D eigenvalue weighted by Gasteiger charge is 2.20. The number of amides is 1. The largest absolute Gasteiger partial charge is 0.481 e. The van der Waals surface area contributed by atoms with Gasteiger partial charge < -0.3 is 19.9 Å². The predicted octanol–water partition coefficient (Wildman–Crippen LogP) is 4.95. The van der Waals surface area contributed by atoms with Crippen LogP contribution in [0.5, 0.6) is 5.75 Å². The molecule has 2 atom stereocenters. The number of carboxylic acid groups (broad SMARTS) is 1. The van der Waals surface area contributed by atoms with Gasteiger partial charge in [-0.1, -0.05) is 42.3 Å². The number of benzene rings is 2. The molecule has 0 aromatic heterocycles. The van der Waals surface area contributed by atoms with Crippen molar-refractivity contribution in [2.45, 2.75) is 32.0 Å². The van der Waals surface area contributed by atoms with Gasteiger partial charge in [-0.2, -0.15) is 0 Å². The summed E-state index contributed by atoms with van der Waals surface area (Å²) in [7, 11) is 1.45. The molecule has 0 saturated heterocycles. The van der Waals surface area contributed by atoms with E-state index < -0.39 is 18.2 Å². The number of nitrogens with one attached hydrogen (secondary N) is 1. The van der Waals surface area contributed by atoms with Crippen molar-refractivity contribution in [1.82, 2.24) is 0 Å². The first-order chi connectivity index (χ1) is 13.3. The van der Waals surface area contributed by atoms with E-state index >= 15 is 0 Å². The van der Waals surface area contributed by atoms with E-state index in [2.05, 4.69) is 5.32 Å². The van der Waals surface area contributed by atoms with Gasteiger partial charge in [-0.15, -0.1) is 0 Å². The highest BCUT2D eigenvalue weighted by molar-refractivity contribution is 6.34. The summed E-state index contributed by atoms with van der Waals surface area (Å²) in [5.41, 5.74) is 1.26. The number of hydrogen-bond acceptors (Lipinski definition) is 4. The van der Waals surface area contributed by atoms with E-state index in [1.54, 1.807) is 42.5 Å². The van der Waals surface area contributed by atoms with Crippen LogP contribution in [0.1, 0.15) is 31.4 Å². The molecule has 0 aliphatic rings. The molecule has 8 heteroatoms. The van der Waals surface area contributed by atoms with Gasteiger partial charge in [0.1, 0.15) is 5.75 Å². The number of carboxylic acids is 1. The van der Waals surface area contributed by atoms with E-state index in [0.717, 1.165) is 0 Å². The molecule has 0 spiro atoms. The van der Waals surface area contributed by atoms with E-state index in [4.69, 9.17) is 37.8 Å². The van der Waals surface area contributed by atoms with Crippen LogP contribution in [-0.2, 0) is 14.3 Å². The average molecular weight is 426 g/mol. The molecule has 0 unspecified atom stereocenters. The second-order valence-corrected chi connectivity index (χ2v) is 6.87. The highest BCUT2D eigenvalue weighted by atomic mass is 35.5. The molecule has 150 valence electrons. The van der Waals surface area contributed by atoms with E-state index in [1.165, 1.54) is 7.11 Å². The smallest absolute Gasteiger partial charge is 0.306 e. The number of aliphatic carboxylic acids is 1. The van der Waals surface area contributed by atoms with Gasteiger partial charge in [0.15, 0.2) is 6.10 Å². The first-order valence-electron chi connectivity index (χ1n) is 8.61. The molecule has 0 fully saturated rings. The third-order valence-electron chi connectivity index (χ3n) is 4.02. The van der Waals surface area contributed by atoms with E-state index in [-0.39, 0.29) is 12.3 Å². The molecule has 0 aliphatic heterocycles. The summed E-state index contributed by atoms with van der Waals surface area (Å²) in [5.74, 6) is -0.949. The van der Waals surface area contributed by atoms with Crippen LogP contribution in [0.15, 0.2) is 42.5 Å². The van der Waals surface area contributed by atoms with Crippen molar-refractivity contribution in [3.8, 4) is 5.75 Å². The lowest BCUT2D eigenvalue weighted by Crippen LogP contribution is -2.32. The zero-order valence-corrected chi connectivity index (χ0v) is 17.0. The maximum absolute atomic E-state index is 12.6. The van der Waals surface area contributed by atoms with Crippen molar-refractivity contribution >= 4 is 40.8 Å². The second-order valence-electron chi connectivity index (χ2n) is 6.02. The molecule has 2 aromatic rings. The standard InChI is InChI=1S/C20H21Cl2NO5/c1-3-16(28-18-10-13(21)6-9-15(18)22)20(26)23-14-7-4-12(5-8-14)17(27-2)11-19(24)25/h4-10,16-17H,3,11H2,1-2H3,(H,23,26)(H,24,25)/t16-,17-/m0/s1. The average Bonchev–Trinajstić information content (AvgIpc) is 2.67. The number of halogens is 2. The number of carbonyl (C=O) groups is 2. The van der Waals surface area contributed by atoms with E-state index in [1.807, 2.05) is 6.92 Å². The molecule has 0 bridgehead atoms. The van der Waals surface area contributed by atoms with Crippen molar-refractivity contribution in [1.29, 1.82) is 0 Å². The Hall–Kier alpha value is -2.28. The molecule has 2 rings (SSSR count). The van der Waals surface area contributed by atoms with Crippen LogP contribution in [0.25, 0.3) is 0 Å². The van der Waals surface area contributed by atoms with Crippen LogP contribution in [-0.4, -0.2) is 30.2 Å². The van der Waals surface area contributed by atoms with E-state index in [9.17, 15) is 9.59 Å². The summed E-state index contributed by atoms with van der Waals surface area (Å²) >= 11 is 12.0. The summed E-state index contributed by atoms with van der Waals surface area (Å²) in [4.78, 5) is 23.4. The molecule has 1 amide bonds. The fraction of sp³-hybridized carbons (Fsp3) is 0.300. The summed E-state index contributed by atoms with van der Waals surface area (Å²) in [6.07, 6.45) is -1.03. The lowest BCUT2D eigenvalue weighted by Gasteiger charge is -2.19. The number of anilines is 1. The van der Waals surface area contributed by atoms with Gasteiger partial charge >= 0.3 is 5.97 Å². The molecule has 0 aliphatic carbocycles. The topological polar surface area (TPSA) is 84.9 Å². The molecule has 0 heterocycles. The van der Waals surface area contributed by atoms with Crippen LogP contribution < -0.4 is 10.1 Å². The fourth-order valence-corrected chi connectivity index (χ4v) is 2.87. The minimum absolute atomic E-state index is 0.144. The maximum Gasteiger partial charge on any atom is 0.306 e. The zero-order chi connectivity index (χ0) is 20.7. The lowest BCUT2D eigenvalue weighted by atomic mass is 10.1. The molecule has 0 radical (unpaired) electrons. The van der Waals surface area contributed by atoms with Gasteiger partial charge in [0.25, 0.3) is 5.91 Å². The summed E-state index contributed by atoms with van der Waals surface area (Å²) in [6, 6.07) is 11.6. The van der Waals surface area contributed by atoms with Crippen LogP contribution in [0.2, 0.25) is 10.0 Å². The van der Waals surface area contributed by atoms with Crippen LogP contribution in [0, 0.1) is 0 Å². The van der Waals surface area contributed by atoms with Crippen LogP contribution in [0.3, 0.4) is 0 Å². The van der Waals surface area contributed by atoms with Gasteiger partial charge in [-0.05, 0) is 36.2 Å². The van der Waals surface area contributed by atoms with Crippen molar-refractivity contribution in [3.63, 3.8) is 0 Å². The monoisotopic (exact) mass is 425 g/mol. The molecule has 6 nitrogen and oxygen atoms in total. The highest BCUT2D eigenvalue weighted by Crippen LogP contribution is 2.29. The Bertz CT molecular complexity index is 826. The van der Waals surface area contributed by atoms with Gasteiger partial charge in [-0.3, -0.25) is 9.59 Å². The summed E-state index contributed by atoms with van der Waals surface area (Å²) in [6.45, 7) is 1.82. The Labute approximate surface area is 173 Å². The van der Waals surface area contributed by atoms with Gasteiger partial charge in [-0.25, -0.2) is 0 Å². The summed E-state index contributed by atoms with van der Waals surface area (Å²) in [5, 5.41) is 12.5. The third kappa shape index (κ3) is 6.12. The summed E-state index contributed by atoms with van der Waals surface area (Å²) < 4.78 is 10.9. The zero-order valence-electron chi connectivity index (χ0n) is 15.4. The molecular weight excluding hydrogens is 405 g/mol. The third-order valence-corrected chi connectivity index (χ3v) is 4.57. The van der Waals surface area contributed by atoms with Gasteiger partial charge in [0.05, 0.1) is 17.5 Å². The van der Waals surface area contributed by atoms with Crippen molar-refractivity contribution in [3.05, 3.63) is 58.1 Å². The Kier molecular flexibility index (Phi) is 8.11. The minimum atomic E-state index is -0.952. The number of hydrogen-bond donors (Lipinski definition) is 2. The quantitative estimate of drug-likeness (QED) is 0.593. The molecule has 2 N–H and O–H groups in total. The normalized spacial score (nSPS) is 12.9. The van der Waals surface area contributed by atoms with Crippen molar-refractivity contribution in [2.75, 3.05) is 12.4 Å². The maximum atomic E-state index is 12.6. The fourth-order valence-electron chi connectivity index (χ4n) is 2.54. The SMILES string of the molecule is CC[C@H](Oc1cc(Cl)ccc1Cl)C(=O)Nc1ccc([C@H](CC(=O)O)OC)cc1. The van der Waals surface area contributed by atoms with Crippen molar-refractivity contribution in [2.24, 2.45) is 0 Å². The number of rotatable bonds is 9. The predicted molar refractivity (Wildman–Crippen MR) is 108 cm³/mol. The molecule has 2 aromatic carbocycles. The first kappa shape index (κ1) is 22.0. The Morgan fingerprint density at radius 2 is 1.82 bits per heavy atom. The second kappa shape index (κ2) is 10.3. The number of carbonyl (C=O) groups excluding carboxylic acids is 1. The Morgan fingerprint density at radius 1 is 1.14 bits per heavy atom. The Morgan fingerprint density at radius 3 is 2.39 bits per heavy atom. The van der Waals surface area contributed by atoms with Crippen LogP contribution >= 0.6 is 23.2 Å². The van der Waals surface area contributed by atoms with Gasteiger partial charge in [0, 0.05) is 23.9 Å². The molecule has 0 saturated carbocycles.